The van der Waals surface area contributed by atoms with Crippen LogP contribution in [0.4, 0.5) is 13.2 Å². The van der Waals surface area contributed by atoms with E-state index in [0.717, 1.165) is 27.3 Å². The van der Waals surface area contributed by atoms with E-state index in [1.165, 1.54) is 4.90 Å². The number of alkyl halides is 3. The number of oxime groups is 1. The van der Waals surface area contributed by atoms with Gasteiger partial charge in [-0.2, -0.15) is 13.2 Å². The summed E-state index contributed by atoms with van der Waals surface area (Å²) < 4.78 is 37.5. The van der Waals surface area contributed by atoms with Crippen LogP contribution in [0.1, 0.15) is 52.4 Å². The highest BCUT2D eigenvalue weighted by molar-refractivity contribution is 6.30. The first-order valence-corrected chi connectivity index (χ1v) is 11.5. The first-order valence-electron chi connectivity index (χ1n) is 11.1. The van der Waals surface area contributed by atoms with Gasteiger partial charge in [0, 0.05) is 23.6 Å². The van der Waals surface area contributed by atoms with E-state index in [1.54, 1.807) is 19.1 Å². The monoisotopic (exact) mass is 507 g/mol. The average molecular weight is 508 g/mol. The number of nitrogens with zero attached hydrogens (tertiary/aromatic N) is 3. The molecule has 0 aromatic heterocycles. The van der Waals surface area contributed by atoms with Gasteiger partial charge in [0.05, 0.1) is 18.8 Å². The van der Waals surface area contributed by atoms with Crippen LogP contribution in [0.3, 0.4) is 0 Å². The van der Waals surface area contributed by atoms with E-state index in [0.29, 0.717) is 22.6 Å². The molecule has 2 heterocycles. The molecule has 2 aromatic carbocycles. The molecule has 10 heteroatoms. The molecule has 1 fully saturated rings. The molecule has 0 radical (unpaired) electrons. The summed E-state index contributed by atoms with van der Waals surface area (Å²) in [5.74, 6) is -0.898. The lowest BCUT2D eigenvalue weighted by Gasteiger charge is -2.22. The van der Waals surface area contributed by atoms with Crippen molar-refractivity contribution in [3.8, 4) is 0 Å². The highest BCUT2D eigenvalue weighted by Crippen LogP contribution is 2.37. The molecule has 1 unspecified atom stereocenters. The molecule has 0 N–H and O–H groups in total. The molecule has 0 bridgehead atoms. The number of aryl methyl sites for hydroxylation is 2. The average Bonchev–Trinajstić information content (AvgIpc) is 3.34. The van der Waals surface area contributed by atoms with Gasteiger partial charge < -0.3 is 14.6 Å². The van der Waals surface area contributed by atoms with Crippen molar-refractivity contribution < 1.29 is 27.6 Å². The number of carbonyl (C=O) groups excluding carboxylic acids is 2. The minimum absolute atomic E-state index is 0.160. The van der Waals surface area contributed by atoms with Crippen LogP contribution in [0.15, 0.2) is 41.6 Å². The Morgan fingerprint density at radius 1 is 1.20 bits per heavy atom. The number of benzene rings is 2. The summed E-state index contributed by atoms with van der Waals surface area (Å²) in [5.41, 5.74) is 3.83. The zero-order valence-electron chi connectivity index (χ0n) is 19.6. The maximum atomic E-state index is 13.0. The highest BCUT2D eigenvalue weighted by atomic mass is 35.5. The Kier molecular flexibility index (Phi) is 6.57. The van der Waals surface area contributed by atoms with Gasteiger partial charge in [-0.3, -0.25) is 9.59 Å². The molecule has 2 amide bonds. The quantitative estimate of drug-likeness (QED) is 0.559. The summed E-state index contributed by atoms with van der Waals surface area (Å²) in [5, 5.41) is 4.90. The molecular formula is C25H25ClF3N3O3. The van der Waals surface area contributed by atoms with E-state index in [1.807, 2.05) is 38.1 Å². The Hall–Kier alpha value is -3.07. The van der Waals surface area contributed by atoms with Gasteiger partial charge >= 0.3 is 6.18 Å². The van der Waals surface area contributed by atoms with Crippen molar-refractivity contribution in [2.24, 2.45) is 5.16 Å². The summed E-state index contributed by atoms with van der Waals surface area (Å²) in [6.07, 6.45) is -4.96. The van der Waals surface area contributed by atoms with Gasteiger partial charge in [0.1, 0.15) is 6.54 Å². The van der Waals surface area contributed by atoms with Crippen molar-refractivity contribution in [2.45, 2.75) is 45.4 Å². The Labute approximate surface area is 206 Å². The number of halogens is 4. The standard InChI is InChI=1S/C25H25ClF3N3O3/c1-15-8-18(11-19(26)9-15)24(3)12-21(30-35-24)17-4-5-20(16(2)10-17)23(34)32-13-22(33)31(14-32)7-6-25(27,28)29/h4-5,8-11H,6-7,12-14H2,1-3H3. The lowest BCUT2D eigenvalue weighted by atomic mass is 9.88. The van der Waals surface area contributed by atoms with Gasteiger partial charge in [-0.05, 0) is 67.3 Å². The van der Waals surface area contributed by atoms with E-state index >= 15 is 0 Å². The second-order valence-electron chi connectivity index (χ2n) is 9.25. The smallest absolute Gasteiger partial charge is 0.384 e. The first kappa shape index (κ1) is 25.0. The second-order valence-corrected chi connectivity index (χ2v) is 9.69. The number of hydrogen-bond donors (Lipinski definition) is 0. The summed E-state index contributed by atoms with van der Waals surface area (Å²) in [6.45, 7) is 4.80. The molecule has 2 aliphatic rings. The molecular weight excluding hydrogens is 483 g/mol. The molecule has 6 nitrogen and oxygen atoms in total. The predicted molar refractivity (Wildman–Crippen MR) is 125 cm³/mol. The number of carbonyl (C=O) groups is 2. The fraction of sp³-hybridized carbons (Fsp3) is 0.400. The Morgan fingerprint density at radius 3 is 2.60 bits per heavy atom. The molecule has 1 saturated heterocycles. The zero-order chi connectivity index (χ0) is 25.5. The molecule has 0 saturated carbocycles. The maximum Gasteiger partial charge on any atom is 0.390 e. The third-order valence-corrected chi connectivity index (χ3v) is 6.50. The number of amides is 2. The van der Waals surface area contributed by atoms with E-state index in [2.05, 4.69) is 5.16 Å². The van der Waals surface area contributed by atoms with Gasteiger partial charge in [0.25, 0.3) is 5.91 Å². The van der Waals surface area contributed by atoms with Gasteiger partial charge in [0.2, 0.25) is 5.91 Å². The van der Waals surface area contributed by atoms with Crippen LogP contribution in [0.2, 0.25) is 5.02 Å². The van der Waals surface area contributed by atoms with Crippen molar-refractivity contribution in [1.29, 1.82) is 0 Å². The molecule has 1 atom stereocenters. The minimum Gasteiger partial charge on any atom is -0.384 e. The topological polar surface area (TPSA) is 62.2 Å². The van der Waals surface area contributed by atoms with Crippen LogP contribution in [-0.4, -0.2) is 53.3 Å². The minimum atomic E-state index is -4.36. The molecule has 2 aliphatic heterocycles. The zero-order valence-corrected chi connectivity index (χ0v) is 20.3. The molecule has 186 valence electrons. The SMILES string of the molecule is Cc1cc(Cl)cc(C2(C)CC(c3ccc(C(=O)N4CC(=O)N(CCC(F)(F)F)C4)c(C)c3)=NO2)c1. The highest BCUT2D eigenvalue weighted by Gasteiger charge is 2.38. The largest absolute Gasteiger partial charge is 0.390 e. The van der Waals surface area contributed by atoms with Crippen molar-refractivity contribution in [1.82, 2.24) is 9.80 Å². The van der Waals surface area contributed by atoms with Crippen LogP contribution in [0.5, 0.6) is 0 Å². The van der Waals surface area contributed by atoms with E-state index in [4.69, 9.17) is 16.4 Å². The normalized spacial score (nSPS) is 20.3. The first-order chi connectivity index (χ1) is 16.3. The van der Waals surface area contributed by atoms with E-state index in [9.17, 15) is 22.8 Å². The fourth-order valence-electron chi connectivity index (χ4n) is 4.34. The Balaban J connectivity index is 1.46. The Morgan fingerprint density at radius 2 is 1.94 bits per heavy atom. The number of hydrogen-bond acceptors (Lipinski definition) is 4. The summed E-state index contributed by atoms with van der Waals surface area (Å²) in [7, 11) is 0. The number of rotatable bonds is 5. The van der Waals surface area contributed by atoms with Crippen LogP contribution in [0.25, 0.3) is 0 Å². The lowest BCUT2D eigenvalue weighted by molar-refractivity contribution is -0.142. The van der Waals surface area contributed by atoms with E-state index < -0.39 is 36.6 Å². The lowest BCUT2D eigenvalue weighted by Crippen LogP contribution is -2.33. The third kappa shape index (κ3) is 5.45. The van der Waals surface area contributed by atoms with Crippen LogP contribution >= 0.6 is 11.6 Å². The van der Waals surface area contributed by atoms with Crippen molar-refractivity contribution in [3.05, 3.63) is 69.2 Å². The molecule has 35 heavy (non-hydrogen) atoms. The molecule has 0 spiro atoms. The van der Waals surface area contributed by atoms with Crippen molar-refractivity contribution in [2.75, 3.05) is 19.8 Å². The van der Waals surface area contributed by atoms with Gasteiger partial charge in [-0.25, -0.2) is 0 Å². The van der Waals surface area contributed by atoms with Crippen LogP contribution in [0, 0.1) is 13.8 Å². The molecule has 4 rings (SSSR count). The second kappa shape index (κ2) is 9.18. The van der Waals surface area contributed by atoms with Gasteiger partial charge in [-0.1, -0.05) is 28.9 Å². The Bertz CT molecular complexity index is 1190. The third-order valence-electron chi connectivity index (χ3n) is 6.28. The van der Waals surface area contributed by atoms with Crippen LogP contribution < -0.4 is 0 Å². The fourth-order valence-corrected chi connectivity index (χ4v) is 4.63. The summed E-state index contributed by atoms with van der Waals surface area (Å²) in [4.78, 5) is 33.2. The summed E-state index contributed by atoms with van der Waals surface area (Å²) >= 11 is 6.22. The maximum absolute atomic E-state index is 13.0. The molecule has 0 aliphatic carbocycles. The van der Waals surface area contributed by atoms with Crippen LogP contribution in [-0.2, 0) is 15.2 Å². The molecule has 2 aromatic rings. The van der Waals surface area contributed by atoms with Crippen molar-refractivity contribution >= 4 is 29.1 Å². The van der Waals surface area contributed by atoms with E-state index in [-0.39, 0.29) is 13.2 Å². The predicted octanol–water partition coefficient (Wildman–Crippen LogP) is 5.19. The van der Waals surface area contributed by atoms with Crippen molar-refractivity contribution in [3.63, 3.8) is 0 Å². The van der Waals surface area contributed by atoms with Gasteiger partial charge in [-0.15, -0.1) is 0 Å². The van der Waals surface area contributed by atoms with Gasteiger partial charge in [0.15, 0.2) is 5.60 Å². The summed E-state index contributed by atoms with van der Waals surface area (Å²) in [6, 6.07) is 11.0.